The van der Waals surface area contributed by atoms with Crippen molar-refractivity contribution in [1.82, 2.24) is 5.32 Å². The van der Waals surface area contributed by atoms with Crippen LogP contribution in [-0.4, -0.2) is 18.1 Å². The smallest absolute Gasteiger partial charge is 0.261 e. The third-order valence-corrected chi connectivity index (χ3v) is 4.96. The van der Waals surface area contributed by atoms with Crippen LogP contribution in [0, 0.1) is 0 Å². The van der Waals surface area contributed by atoms with Crippen LogP contribution in [-0.2, 0) is 17.6 Å². The summed E-state index contributed by atoms with van der Waals surface area (Å²) in [6.45, 7) is 2.01. The molecule has 1 aromatic rings. The van der Waals surface area contributed by atoms with E-state index in [1.54, 1.807) is 0 Å². The molecule has 0 aliphatic heterocycles. The fraction of sp³-hybridized carbons (Fsp3) is 0.632. The largest absolute Gasteiger partial charge is 0.481 e. The lowest BCUT2D eigenvalue weighted by atomic mass is 9.92. The zero-order valence-corrected chi connectivity index (χ0v) is 13.6. The molecule has 1 fully saturated rings. The van der Waals surface area contributed by atoms with E-state index >= 15 is 0 Å². The Morgan fingerprint density at radius 2 is 1.91 bits per heavy atom. The van der Waals surface area contributed by atoms with Crippen LogP contribution in [0.2, 0.25) is 0 Å². The highest BCUT2D eigenvalue weighted by Gasteiger charge is 2.24. The number of fused-ring (bicyclic) bond motifs is 1. The van der Waals surface area contributed by atoms with Crippen LogP contribution in [0.25, 0.3) is 0 Å². The van der Waals surface area contributed by atoms with E-state index in [9.17, 15) is 4.79 Å². The van der Waals surface area contributed by atoms with Crippen LogP contribution in [0.15, 0.2) is 18.2 Å². The van der Waals surface area contributed by atoms with Crippen LogP contribution in [0.3, 0.4) is 0 Å². The van der Waals surface area contributed by atoms with Crippen molar-refractivity contribution in [3.05, 3.63) is 29.3 Å². The number of hydrogen-bond acceptors (Lipinski definition) is 2. The van der Waals surface area contributed by atoms with Crippen molar-refractivity contribution < 1.29 is 9.53 Å². The first kappa shape index (κ1) is 15.4. The molecule has 1 aromatic carbocycles. The summed E-state index contributed by atoms with van der Waals surface area (Å²) in [5, 5.41) is 3.15. The van der Waals surface area contributed by atoms with E-state index in [2.05, 4.69) is 17.4 Å². The van der Waals surface area contributed by atoms with Crippen LogP contribution < -0.4 is 10.1 Å². The van der Waals surface area contributed by atoms with Gasteiger partial charge in [-0.1, -0.05) is 25.8 Å². The van der Waals surface area contributed by atoms with Gasteiger partial charge in [0.15, 0.2) is 6.10 Å². The molecule has 120 valence electrons. The maximum Gasteiger partial charge on any atom is 0.261 e. The second-order valence-corrected chi connectivity index (χ2v) is 6.64. The van der Waals surface area contributed by atoms with Crippen molar-refractivity contribution in [3.8, 4) is 5.75 Å². The van der Waals surface area contributed by atoms with Gasteiger partial charge in [0.1, 0.15) is 5.75 Å². The summed E-state index contributed by atoms with van der Waals surface area (Å²) in [6.07, 6.45) is 9.87. The van der Waals surface area contributed by atoms with Crippen molar-refractivity contribution in [3.63, 3.8) is 0 Å². The SMILES string of the molecule is CC[C@@H](Oc1ccc2c(c1)CCCC2)C(=O)NC1CCCC1. The second kappa shape index (κ2) is 7.17. The Kier molecular flexibility index (Phi) is 5.01. The maximum atomic E-state index is 12.4. The lowest BCUT2D eigenvalue weighted by Crippen LogP contribution is -2.42. The van der Waals surface area contributed by atoms with E-state index in [1.807, 2.05) is 13.0 Å². The summed E-state index contributed by atoms with van der Waals surface area (Å²) in [6, 6.07) is 6.69. The second-order valence-electron chi connectivity index (χ2n) is 6.64. The Morgan fingerprint density at radius 1 is 1.18 bits per heavy atom. The zero-order valence-electron chi connectivity index (χ0n) is 13.6. The van der Waals surface area contributed by atoms with Crippen molar-refractivity contribution in [1.29, 1.82) is 0 Å². The summed E-state index contributed by atoms with van der Waals surface area (Å²) in [4.78, 5) is 12.4. The number of rotatable bonds is 5. The molecule has 3 heteroatoms. The van der Waals surface area contributed by atoms with Crippen molar-refractivity contribution >= 4 is 5.91 Å². The molecule has 3 nitrogen and oxygen atoms in total. The Morgan fingerprint density at radius 3 is 2.64 bits per heavy atom. The molecule has 0 spiro atoms. The molecule has 1 saturated carbocycles. The lowest BCUT2D eigenvalue weighted by Gasteiger charge is -2.22. The zero-order chi connectivity index (χ0) is 15.4. The highest BCUT2D eigenvalue weighted by atomic mass is 16.5. The van der Waals surface area contributed by atoms with E-state index in [-0.39, 0.29) is 12.0 Å². The van der Waals surface area contributed by atoms with Crippen LogP contribution in [0.4, 0.5) is 0 Å². The normalized spacial score (nSPS) is 19.5. The minimum absolute atomic E-state index is 0.0483. The molecule has 0 heterocycles. The number of amides is 1. The third kappa shape index (κ3) is 3.63. The van der Waals surface area contributed by atoms with Gasteiger partial charge in [0.25, 0.3) is 5.91 Å². The lowest BCUT2D eigenvalue weighted by molar-refractivity contribution is -0.128. The molecule has 0 saturated heterocycles. The van der Waals surface area contributed by atoms with E-state index in [4.69, 9.17) is 4.74 Å². The molecule has 22 heavy (non-hydrogen) atoms. The minimum Gasteiger partial charge on any atom is -0.481 e. The average Bonchev–Trinajstić information content (AvgIpc) is 3.05. The van der Waals surface area contributed by atoms with Gasteiger partial charge in [-0.3, -0.25) is 4.79 Å². The first-order valence-electron chi connectivity index (χ1n) is 8.85. The molecule has 0 radical (unpaired) electrons. The van der Waals surface area contributed by atoms with Gasteiger partial charge < -0.3 is 10.1 Å². The molecule has 1 N–H and O–H groups in total. The van der Waals surface area contributed by atoms with Crippen LogP contribution in [0.1, 0.15) is 63.0 Å². The van der Waals surface area contributed by atoms with Gasteiger partial charge in [-0.25, -0.2) is 0 Å². The summed E-state index contributed by atoms with van der Waals surface area (Å²) < 4.78 is 5.99. The molecular weight excluding hydrogens is 274 g/mol. The molecule has 2 aliphatic rings. The molecular formula is C19H27NO2. The number of nitrogens with one attached hydrogen (secondary N) is 1. The monoisotopic (exact) mass is 301 g/mol. The van der Waals surface area contributed by atoms with Gasteiger partial charge in [0.05, 0.1) is 0 Å². The fourth-order valence-corrected chi connectivity index (χ4v) is 3.63. The Bertz CT molecular complexity index is 520. The first-order chi connectivity index (χ1) is 10.8. The van der Waals surface area contributed by atoms with E-state index in [0.717, 1.165) is 25.0 Å². The number of aryl methyl sites for hydroxylation is 2. The number of hydrogen-bond donors (Lipinski definition) is 1. The molecule has 1 amide bonds. The summed E-state index contributed by atoms with van der Waals surface area (Å²) >= 11 is 0. The Balaban J connectivity index is 1.62. The van der Waals surface area contributed by atoms with Gasteiger partial charge in [0.2, 0.25) is 0 Å². The van der Waals surface area contributed by atoms with E-state index in [1.165, 1.54) is 43.2 Å². The highest BCUT2D eigenvalue weighted by Crippen LogP contribution is 2.26. The van der Waals surface area contributed by atoms with Crippen LogP contribution in [0.5, 0.6) is 5.75 Å². The first-order valence-corrected chi connectivity index (χ1v) is 8.85. The molecule has 0 aromatic heterocycles. The molecule has 0 bridgehead atoms. The number of carbonyl (C=O) groups is 1. The fourth-order valence-electron chi connectivity index (χ4n) is 3.63. The number of ether oxygens (including phenoxy) is 1. The van der Waals surface area contributed by atoms with Gasteiger partial charge in [-0.15, -0.1) is 0 Å². The topological polar surface area (TPSA) is 38.3 Å². The highest BCUT2D eigenvalue weighted by molar-refractivity contribution is 5.81. The van der Waals surface area contributed by atoms with Gasteiger partial charge in [0, 0.05) is 6.04 Å². The van der Waals surface area contributed by atoms with Crippen LogP contribution >= 0.6 is 0 Å². The van der Waals surface area contributed by atoms with E-state index in [0.29, 0.717) is 12.5 Å². The molecule has 2 aliphatic carbocycles. The quantitative estimate of drug-likeness (QED) is 0.899. The minimum atomic E-state index is -0.373. The van der Waals surface area contributed by atoms with E-state index < -0.39 is 0 Å². The third-order valence-electron chi connectivity index (χ3n) is 4.96. The predicted molar refractivity (Wildman–Crippen MR) is 88.2 cm³/mol. The maximum absolute atomic E-state index is 12.4. The summed E-state index contributed by atoms with van der Waals surface area (Å²) in [7, 11) is 0. The standard InChI is InChI=1S/C19H27NO2/c1-2-18(19(21)20-16-9-5-6-10-16)22-17-12-11-14-7-3-4-8-15(14)13-17/h11-13,16,18H,2-10H2,1H3,(H,20,21)/t18-/m1/s1. The van der Waals surface area contributed by atoms with Crippen molar-refractivity contribution in [2.45, 2.75) is 76.9 Å². The summed E-state index contributed by atoms with van der Waals surface area (Å²) in [5.41, 5.74) is 2.84. The van der Waals surface area contributed by atoms with Gasteiger partial charge in [-0.05, 0) is 68.2 Å². The molecule has 1 atom stereocenters. The van der Waals surface area contributed by atoms with Crippen molar-refractivity contribution in [2.24, 2.45) is 0 Å². The number of benzene rings is 1. The average molecular weight is 301 g/mol. The predicted octanol–water partition coefficient (Wildman–Crippen LogP) is 3.78. The van der Waals surface area contributed by atoms with Gasteiger partial charge >= 0.3 is 0 Å². The van der Waals surface area contributed by atoms with Gasteiger partial charge in [-0.2, -0.15) is 0 Å². The Hall–Kier alpha value is -1.51. The number of carbonyl (C=O) groups excluding carboxylic acids is 1. The molecule has 0 unspecified atom stereocenters. The summed E-state index contributed by atoms with van der Waals surface area (Å²) in [5.74, 6) is 0.890. The van der Waals surface area contributed by atoms with Crippen molar-refractivity contribution in [2.75, 3.05) is 0 Å². The Labute approximate surface area is 133 Å². The molecule has 3 rings (SSSR count).